The van der Waals surface area contributed by atoms with E-state index in [9.17, 15) is 0 Å². The molecule has 1 N–H and O–H groups in total. The Morgan fingerprint density at radius 1 is 1.50 bits per heavy atom. The summed E-state index contributed by atoms with van der Waals surface area (Å²) in [6, 6.07) is 3.01. The van der Waals surface area contributed by atoms with E-state index in [2.05, 4.69) is 16.8 Å². The zero-order chi connectivity index (χ0) is 8.97. The van der Waals surface area contributed by atoms with Crippen molar-refractivity contribution in [3.05, 3.63) is 23.0 Å². The third kappa shape index (κ3) is 2.30. The second-order valence-corrected chi connectivity index (χ2v) is 2.57. The van der Waals surface area contributed by atoms with Crippen molar-refractivity contribution in [1.82, 2.24) is 4.98 Å². The summed E-state index contributed by atoms with van der Waals surface area (Å²) < 4.78 is 0. The van der Waals surface area contributed by atoms with Crippen LogP contribution < -0.4 is 0 Å². The highest BCUT2D eigenvalue weighted by atomic mass is 35.5. The first kappa shape index (κ1) is 9.18. The predicted octanol–water partition coefficient (Wildman–Crippen LogP) is 2.03. The van der Waals surface area contributed by atoms with Gasteiger partial charge in [0.15, 0.2) is 10.9 Å². The molecule has 0 saturated carbocycles. The van der Waals surface area contributed by atoms with Gasteiger partial charge in [0.25, 0.3) is 0 Å². The van der Waals surface area contributed by atoms with Crippen LogP contribution in [-0.4, -0.2) is 16.0 Å². The van der Waals surface area contributed by atoms with Gasteiger partial charge in [-0.25, -0.2) is 4.98 Å². The Hall–Kier alpha value is -0.910. The fourth-order valence-corrected chi connectivity index (χ4v) is 0.841. The maximum atomic E-state index is 9.00. The Morgan fingerprint density at radius 3 is 2.83 bits per heavy atom. The van der Waals surface area contributed by atoms with Crippen LogP contribution in [0, 0.1) is 11.8 Å². The lowest BCUT2D eigenvalue weighted by Gasteiger charge is -1.94. The fraction of sp³-hybridized carbons (Fsp3) is 0.125. The van der Waals surface area contributed by atoms with Crippen LogP contribution in [0.3, 0.4) is 0 Å². The average Bonchev–Trinajstić information content (AvgIpc) is 2.07. The Labute approximate surface area is 80.1 Å². The van der Waals surface area contributed by atoms with Gasteiger partial charge in [-0.05, 0) is 18.1 Å². The van der Waals surface area contributed by atoms with Crippen LogP contribution in [0.1, 0.15) is 5.69 Å². The van der Waals surface area contributed by atoms with Gasteiger partial charge in [-0.3, -0.25) is 0 Å². The first-order chi connectivity index (χ1) is 5.74. The van der Waals surface area contributed by atoms with Gasteiger partial charge in [0.2, 0.25) is 0 Å². The van der Waals surface area contributed by atoms with Crippen molar-refractivity contribution in [3.63, 3.8) is 0 Å². The van der Waals surface area contributed by atoms with Gasteiger partial charge in [-0.2, -0.15) is 0 Å². The molecule has 0 atom stereocenters. The van der Waals surface area contributed by atoms with Gasteiger partial charge in [0, 0.05) is 0 Å². The van der Waals surface area contributed by atoms with E-state index in [4.69, 9.17) is 28.3 Å². The van der Waals surface area contributed by atoms with Crippen molar-refractivity contribution in [2.75, 3.05) is 5.88 Å². The summed E-state index contributed by atoms with van der Waals surface area (Å²) >= 11 is 10.9. The number of hydrogen-bond donors (Lipinski definition) is 1. The topological polar surface area (TPSA) is 33.1 Å². The van der Waals surface area contributed by atoms with Gasteiger partial charge in [-0.1, -0.05) is 17.5 Å². The summed E-state index contributed by atoms with van der Waals surface area (Å²) in [7, 11) is 0. The number of pyridine rings is 1. The molecule has 0 radical (unpaired) electrons. The number of alkyl halides is 1. The van der Waals surface area contributed by atoms with Gasteiger partial charge in [0.05, 0.1) is 5.88 Å². The van der Waals surface area contributed by atoms with Gasteiger partial charge in [0.1, 0.15) is 5.69 Å². The van der Waals surface area contributed by atoms with Gasteiger partial charge >= 0.3 is 0 Å². The zero-order valence-corrected chi connectivity index (χ0v) is 7.52. The van der Waals surface area contributed by atoms with Crippen molar-refractivity contribution >= 4 is 23.2 Å². The predicted molar refractivity (Wildman–Crippen MR) is 48.5 cm³/mol. The Kier molecular flexibility index (Phi) is 3.21. The molecule has 4 heteroatoms. The molecule has 0 fully saturated rings. The summed E-state index contributed by atoms with van der Waals surface area (Å²) in [5, 5.41) is 9.05. The number of aromatic nitrogens is 1. The minimum Gasteiger partial charge on any atom is -0.505 e. The molecule has 0 aliphatic carbocycles. The first-order valence-corrected chi connectivity index (χ1v) is 4.05. The fourth-order valence-electron chi connectivity index (χ4n) is 0.621. The molecule has 1 heterocycles. The second-order valence-electron chi connectivity index (χ2n) is 1.94. The molecule has 0 aliphatic heterocycles. The highest BCUT2D eigenvalue weighted by molar-refractivity contribution is 6.30. The first-order valence-electron chi connectivity index (χ1n) is 3.14. The summed E-state index contributed by atoms with van der Waals surface area (Å²) in [4.78, 5) is 3.79. The zero-order valence-electron chi connectivity index (χ0n) is 6.01. The van der Waals surface area contributed by atoms with Crippen LogP contribution in [0.4, 0.5) is 0 Å². The molecule has 1 aromatic rings. The Bertz CT molecular complexity index is 341. The van der Waals surface area contributed by atoms with Gasteiger partial charge in [-0.15, -0.1) is 11.6 Å². The number of hydrogen-bond acceptors (Lipinski definition) is 2. The smallest absolute Gasteiger partial charge is 0.172 e. The average molecular weight is 202 g/mol. The van der Waals surface area contributed by atoms with E-state index >= 15 is 0 Å². The third-order valence-corrected chi connectivity index (χ3v) is 1.52. The molecule has 0 spiro atoms. The van der Waals surface area contributed by atoms with E-state index in [1.807, 2.05) is 0 Å². The minimum absolute atomic E-state index is 0.0481. The molecule has 1 aromatic heterocycles. The summed E-state index contributed by atoms with van der Waals surface area (Å²) in [5.74, 6) is 5.50. The summed E-state index contributed by atoms with van der Waals surface area (Å²) in [6.07, 6.45) is 0. The van der Waals surface area contributed by atoms with Crippen molar-refractivity contribution in [2.24, 2.45) is 0 Å². The molecule has 12 heavy (non-hydrogen) atoms. The molecular formula is C8H5Cl2NO. The van der Waals surface area contributed by atoms with Crippen molar-refractivity contribution in [2.45, 2.75) is 0 Å². The molecule has 2 nitrogen and oxygen atoms in total. The largest absolute Gasteiger partial charge is 0.505 e. The highest BCUT2D eigenvalue weighted by Gasteiger charge is 1.98. The van der Waals surface area contributed by atoms with Crippen molar-refractivity contribution in [1.29, 1.82) is 0 Å². The van der Waals surface area contributed by atoms with Crippen LogP contribution in [0.25, 0.3) is 0 Å². The van der Waals surface area contributed by atoms with Crippen LogP contribution in [-0.2, 0) is 0 Å². The maximum Gasteiger partial charge on any atom is 0.172 e. The standard InChI is InChI=1S/C8H5Cl2NO/c9-5-1-2-6-3-4-7(12)8(10)11-6/h3-4,12H,5H2. The van der Waals surface area contributed by atoms with E-state index in [-0.39, 0.29) is 16.8 Å². The van der Waals surface area contributed by atoms with Crippen LogP contribution in [0.2, 0.25) is 5.15 Å². The minimum atomic E-state index is -0.0481. The molecule has 0 aromatic carbocycles. The summed E-state index contributed by atoms with van der Waals surface area (Å²) in [5.41, 5.74) is 0.499. The number of nitrogens with zero attached hydrogens (tertiary/aromatic N) is 1. The molecule has 0 saturated heterocycles. The Morgan fingerprint density at radius 2 is 2.25 bits per heavy atom. The van der Waals surface area contributed by atoms with E-state index in [0.717, 1.165) is 0 Å². The van der Waals surface area contributed by atoms with Gasteiger partial charge < -0.3 is 5.11 Å². The van der Waals surface area contributed by atoms with Crippen molar-refractivity contribution < 1.29 is 5.11 Å². The number of rotatable bonds is 0. The third-order valence-electron chi connectivity index (χ3n) is 1.11. The molecular weight excluding hydrogens is 197 g/mol. The van der Waals surface area contributed by atoms with Crippen molar-refractivity contribution in [3.8, 4) is 17.6 Å². The highest BCUT2D eigenvalue weighted by Crippen LogP contribution is 2.19. The second kappa shape index (κ2) is 4.20. The van der Waals surface area contributed by atoms with E-state index in [1.165, 1.54) is 6.07 Å². The lowest BCUT2D eigenvalue weighted by atomic mass is 10.3. The maximum absolute atomic E-state index is 9.00. The lowest BCUT2D eigenvalue weighted by Crippen LogP contribution is -1.82. The van der Waals surface area contributed by atoms with E-state index in [0.29, 0.717) is 5.69 Å². The molecule has 1 rings (SSSR count). The van der Waals surface area contributed by atoms with Crippen LogP contribution in [0.5, 0.6) is 5.75 Å². The normalized spacial score (nSPS) is 8.83. The van der Waals surface area contributed by atoms with E-state index < -0.39 is 0 Å². The van der Waals surface area contributed by atoms with Crippen LogP contribution in [0.15, 0.2) is 12.1 Å². The lowest BCUT2D eigenvalue weighted by molar-refractivity contribution is 0.473. The monoisotopic (exact) mass is 201 g/mol. The molecule has 0 unspecified atom stereocenters. The summed E-state index contributed by atoms with van der Waals surface area (Å²) in [6.45, 7) is 0. The van der Waals surface area contributed by atoms with E-state index in [1.54, 1.807) is 6.07 Å². The molecule has 62 valence electrons. The molecule has 0 amide bonds. The molecule has 0 aliphatic rings. The number of halogens is 2. The number of aromatic hydroxyl groups is 1. The quantitative estimate of drug-likeness (QED) is 0.396. The van der Waals surface area contributed by atoms with Crippen LogP contribution >= 0.6 is 23.2 Å². The SMILES string of the molecule is Oc1ccc(C#CCCl)nc1Cl. The Balaban J connectivity index is 2.97. The molecule has 0 bridgehead atoms.